The van der Waals surface area contributed by atoms with Crippen molar-refractivity contribution >= 4 is 29.4 Å². The molecule has 2 aromatic carbocycles. The zero-order valence-corrected chi connectivity index (χ0v) is 14.6. The number of ether oxygens (including phenoxy) is 2. The summed E-state index contributed by atoms with van der Waals surface area (Å²) in [7, 11) is 2.47. The number of benzene rings is 2. The summed E-state index contributed by atoms with van der Waals surface area (Å²) in [6.45, 7) is 1.83. The van der Waals surface area contributed by atoms with E-state index in [1.807, 2.05) is 6.92 Å². The van der Waals surface area contributed by atoms with Crippen molar-refractivity contribution in [3.05, 3.63) is 63.2 Å². The molecule has 0 aliphatic rings. The SMILES string of the molecule is COC(=O)c1ccc(Sc2ccc(C)cc2C(=O)OC)c([N+](=O)[O-])c1. The van der Waals surface area contributed by atoms with Crippen LogP contribution in [0.2, 0.25) is 0 Å². The zero-order chi connectivity index (χ0) is 18.6. The van der Waals surface area contributed by atoms with Gasteiger partial charge in [-0.05, 0) is 31.2 Å². The van der Waals surface area contributed by atoms with Gasteiger partial charge in [0.25, 0.3) is 5.69 Å². The Morgan fingerprint density at radius 3 is 2.24 bits per heavy atom. The van der Waals surface area contributed by atoms with E-state index in [0.717, 1.165) is 23.4 Å². The number of hydrogen-bond acceptors (Lipinski definition) is 7. The van der Waals surface area contributed by atoms with Crippen LogP contribution in [0.25, 0.3) is 0 Å². The Bertz CT molecular complexity index is 849. The maximum absolute atomic E-state index is 11.9. The minimum atomic E-state index is -0.662. The number of aryl methyl sites for hydroxylation is 1. The molecule has 8 heteroatoms. The Morgan fingerprint density at radius 1 is 1.00 bits per heavy atom. The molecule has 0 spiro atoms. The molecule has 0 unspecified atom stereocenters. The summed E-state index contributed by atoms with van der Waals surface area (Å²) >= 11 is 1.05. The van der Waals surface area contributed by atoms with Gasteiger partial charge in [0.15, 0.2) is 0 Å². The number of nitro groups is 1. The molecule has 0 bridgehead atoms. The molecular weight excluding hydrogens is 346 g/mol. The second-order valence-corrected chi connectivity index (χ2v) is 6.11. The number of carbonyl (C=O) groups is 2. The fraction of sp³-hybridized carbons (Fsp3) is 0.176. The summed E-state index contributed by atoms with van der Waals surface area (Å²) in [6.07, 6.45) is 0. The molecule has 2 rings (SSSR count). The van der Waals surface area contributed by atoms with E-state index in [0.29, 0.717) is 15.4 Å². The Labute approximate surface area is 148 Å². The van der Waals surface area contributed by atoms with Crippen LogP contribution in [0, 0.1) is 17.0 Å². The third-order valence-corrected chi connectivity index (χ3v) is 4.48. The second kappa shape index (κ2) is 7.80. The number of nitro benzene ring substituents is 1. The van der Waals surface area contributed by atoms with Crippen molar-refractivity contribution in [1.82, 2.24) is 0 Å². The molecular formula is C17H15NO6S. The largest absolute Gasteiger partial charge is 0.465 e. The molecule has 0 N–H and O–H groups in total. The van der Waals surface area contributed by atoms with E-state index in [1.54, 1.807) is 18.2 Å². The second-order valence-electron chi connectivity index (χ2n) is 5.02. The predicted molar refractivity (Wildman–Crippen MR) is 91.1 cm³/mol. The number of carbonyl (C=O) groups excluding carboxylic acids is 2. The molecule has 0 saturated heterocycles. The van der Waals surface area contributed by atoms with Gasteiger partial charge in [-0.3, -0.25) is 10.1 Å². The van der Waals surface area contributed by atoms with Crippen LogP contribution in [0.5, 0.6) is 0 Å². The first-order valence-electron chi connectivity index (χ1n) is 7.11. The number of esters is 2. The number of methoxy groups -OCH3 is 2. The van der Waals surface area contributed by atoms with Crippen molar-refractivity contribution in [3.8, 4) is 0 Å². The fourth-order valence-electron chi connectivity index (χ4n) is 2.11. The van der Waals surface area contributed by atoms with Gasteiger partial charge < -0.3 is 9.47 Å². The summed E-state index contributed by atoms with van der Waals surface area (Å²) in [5.41, 5.74) is 1.01. The third-order valence-electron chi connectivity index (χ3n) is 3.34. The summed E-state index contributed by atoms with van der Waals surface area (Å²) in [6, 6.07) is 9.19. The normalized spacial score (nSPS) is 10.2. The highest BCUT2D eigenvalue weighted by atomic mass is 32.2. The monoisotopic (exact) mass is 361 g/mol. The molecule has 0 saturated carbocycles. The summed E-state index contributed by atoms with van der Waals surface area (Å²) < 4.78 is 9.34. The van der Waals surface area contributed by atoms with Crippen LogP contribution in [0.1, 0.15) is 26.3 Å². The lowest BCUT2D eigenvalue weighted by Gasteiger charge is -2.09. The van der Waals surface area contributed by atoms with E-state index >= 15 is 0 Å². The highest BCUT2D eigenvalue weighted by Crippen LogP contribution is 2.37. The maximum Gasteiger partial charge on any atom is 0.339 e. The van der Waals surface area contributed by atoms with Crippen LogP contribution >= 0.6 is 11.8 Å². The van der Waals surface area contributed by atoms with Crippen molar-refractivity contribution in [2.75, 3.05) is 14.2 Å². The lowest BCUT2D eigenvalue weighted by atomic mass is 10.1. The standard InChI is InChI=1S/C17H15NO6S/c1-10-4-6-14(12(8-10)17(20)24-3)25-15-7-5-11(16(19)23-2)9-13(15)18(21)22/h4-9H,1-3H3. The van der Waals surface area contributed by atoms with Crippen LogP contribution in [0.4, 0.5) is 5.69 Å². The van der Waals surface area contributed by atoms with Crippen LogP contribution in [0.15, 0.2) is 46.2 Å². The van der Waals surface area contributed by atoms with Gasteiger partial charge >= 0.3 is 11.9 Å². The average Bonchev–Trinajstić information content (AvgIpc) is 2.61. The van der Waals surface area contributed by atoms with Gasteiger partial charge in [-0.1, -0.05) is 23.4 Å². The Balaban J connectivity index is 2.49. The molecule has 0 aliphatic carbocycles. The first kappa shape index (κ1) is 18.5. The molecule has 130 valence electrons. The van der Waals surface area contributed by atoms with Crippen LogP contribution in [-0.4, -0.2) is 31.1 Å². The highest BCUT2D eigenvalue weighted by molar-refractivity contribution is 7.99. The van der Waals surface area contributed by atoms with E-state index in [-0.39, 0.29) is 11.3 Å². The lowest BCUT2D eigenvalue weighted by Crippen LogP contribution is -2.04. The molecule has 25 heavy (non-hydrogen) atoms. The molecule has 0 atom stereocenters. The predicted octanol–water partition coefficient (Wildman–Crippen LogP) is 3.63. The van der Waals surface area contributed by atoms with E-state index in [2.05, 4.69) is 4.74 Å². The lowest BCUT2D eigenvalue weighted by molar-refractivity contribution is -0.387. The molecule has 0 aliphatic heterocycles. The van der Waals surface area contributed by atoms with Crippen molar-refractivity contribution < 1.29 is 24.0 Å². The molecule has 7 nitrogen and oxygen atoms in total. The van der Waals surface area contributed by atoms with E-state index < -0.39 is 16.9 Å². The summed E-state index contributed by atoms with van der Waals surface area (Å²) in [5, 5.41) is 11.4. The van der Waals surface area contributed by atoms with E-state index in [4.69, 9.17) is 4.74 Å². The van der Waals surface area contributed by atoms with Crippen LogP contribution in [0.3, 0.4) is 0 Å². The topological polar surface area (TPSA) is 95.7 Å². The van der Waals surface area contributed by atoms with Crippen molar-refractivity contribution in [2.24, 2.45) is 0 Å². The van der Waals surface area contributed by atoms with Gasteiger partial charge in [-0.15, -0.1) is 0 Å². The van der Waals surface area contributed by atoms with Crippen molar-refractivity contribution in [2.45, 2.75) is 16.7 Å². The average molecular weight is 361 g/mol. The molecule has 0 fully saturated rings. The first-order valence-corrected chi connectivity index (χ1v) is 7.92. The van der Waals surface area contributed by atoms with Crippen molar-refractivity contribution in [1.29, 1.82) is 0 Å². The summed E-state index contributed by atoms with van der Waals surface area (Å²) in [5.74, 6) is -1.19. The number of nitrogens with zero attached hydrogens (tertiary/aromatic N) is 1. The zero-order valence-electron chi connectivity index (χ0n) is 13.8. The maximum atomic E-state index is 11.9. The van der Waals surface area contributed by atoms with E-state index in [1.165, 1.54) is 26.4 Å². The number of rotatable bonds is 5. The molecule has 0 amide bonds. The fourth-order valence-corrected chi connectivity index (χ4v) is 3.11. The minimum Gasteiger partial charge on any atom is -0.465 e. The van der Waals surface area contributed by atoms with Crippen molar-refractivity contribution in [3.63, 3.8) is 0 Å². The smallest absolute Gasteiger partial charge is 0.339 e. The highest BCUT2D eigenvalue weighted by Gasteiger charge is 2.21. The Hall–Kier alpha value is -2.87. The Kier molecular flexibility index (Phi) is 5.76. The number of hydrogen-bond donors (Lipinski definition) is 0. The molecule has 0 radical (unpaired) electrons. The minimum absolute atomic E-state index is 0.0793. The van der Waals surface area contributed by atoms with Gasteiger partial charge in [0.2, 0.25) is 0 Å². The third kappa shape index (κ3) is 4.16. The quantitative estimate of drug-likeness (QED) is 0.456. The van der Waals surface area contributed by atoms with E-state index in [9.17, 15) is 19.7 Å². The summed E-state index contributed by atoms with van der Waals surface area (Å²) in [4.78, 5) is 35.1. The van der Waals surface area contributed by atoms with Gasteiger partial charge in [-0.25, -0.2) is 9.59 Å². The molecule has 0 heterocycles. The first-order chi connectivity index (χ1) is 11.9. The van der Waals surface area contributed by atoms with Gasteiger partial charge in [0.05, 0.1) is 35.2 Å². The molecule has 2 aromatic rings. The molecule has 0 aromatic heterocycles. The Morgan fingerprint density at radius 2 is 1.64 bits per heavy atom. The van der Waals surface area contributed by atoms with Gasteiger partial charge in [0.1, 0.15) is 0 Å². The van der Waals surface area contributed by atoms with Crippen LogP contribution < -0.4 is 0 Å². The van der Waals surface area contributed by atoms with Crippen LogP contribution in [-0.2, 0) is 9.47 Å². The van der Waals surface area contributed by atoms with Gasteiger partial charge in [-0.2, -0.15) is 0 Å². The van der Waals surface area contributed by atoms with Gasteiger partial charge in [0, 0.05) is 11.0 Å².